The van der Waals surface area contributed by atoms with Crippen LogP contribution in [0.5, 0.6) is 0 Å². The molecule has 2 amide bonds. The number of rotatable bonds is 11. The van der Waals surface area contributed by atoms with E-state index in [2.05, 4.69) is 24.5 Å². The third-order valence-electron chi connectivity index (χ3n) is 2.85. The molecule has 5 nitrogen and oxygen atoms in total. The zero-order chi connectivity index (χ0) is 14.5. The molecule has 0 aromatic carbocycles. The molecular weight excluding hydrogens is 244 g/mol. The van der Waals surface area contributed by atoms with E-state index < -0.39 is 5.97 Å². The molecule has 0 aromatic rings. The number of carbonyl (C=O) groups excluding carboxylic acids is 1. The first kappa shape index (κ1) is 17.7. The predicted octanol–water partition coefficient (Wildman–Crippen LogP) is 2.76. The van der Waals surface area contributed by atoms with Crippen LogP contribution in [0.2, 0.25) is 0 Å². The van der Waals surface area contributed by atoms with Crippen molar-refractivity contribution in [2.45, 2.75) is 58.8 Å². The Balaban J connectivity index is 3.22. The van der Waals surface area contributed by atoms with Gasteiger partial charge in [0.15, 0.2) is 0 Å². The number of amides is 2. The Morgan fingerprint density at radius 2 is 1.53 bits per heavy atom. The van der Waals surface area contributed by atoms with Crippen molar-refractivity contribution in [2.24, 2.45) is 5.92 Å². The van der Waals surface area contributed by atoms with Gasteiger partial charge in [-0.15, -0.1) is 0 Å². The Hall–Kier alpha value is -1.26. The normalized spacial score (nSPS) is 10.5. The number of aliphatic carboxylic acids is 1. The fraction of sp³-hybridized carbons (Fsp3) is 0.857. The van der Waals surface area contributed by atoms with Crippen LogP contribution in [-0.2, 0) is 4.79 Å². The number of carboxylic acid groups (broad SMARTS) is 1. The molecule has 0 bridgehead atoms. The number of hydrogen-bond donors (Lipinski definition) is 3. The molecule has 0 aliphatic heterocycles. The van der Waals surface area contributed by atoms with Gasteiger partial charge in [0, 0.05) is 19.5 Å². The van der Waals surface area contributed by atoms with E-state index in [1.807, 2.05) is 0 Å². The summed E-state index contributed by atoms with van der Waals surface area (Å²) in [7, 11) is 0. The summed E-state index contributed by atoms with van der Waals surface area (Å²) in [5, 5.41) is 13.8. The molecule has 0 heterocycles. The zero-order valence-electron chi connectivity index (χ0n) is 12.2. The molecule has 0 spiro atoms. The molecule has 0 rings (SSSR count). The summed E-state index contributed by atoms with van der Waals surface area (Å²) < 4.78 is 0. The van der Waals surface area contributed by atoms with E-state index in [0.29, 0.717) is 19.5 Å². The maximum Gasteiger partial charge on any atom is 0.314 e. The van der Waals surface area contributed by atoms with Crippen LogP contribution in [0.25, 0.3) is 0 Å². The van der Waals surface area contributed by atoms with Crippen molar-refractivity contribution in [3.8, 4) is 0 Å². The number of nitrogens with one attached hydrogen (secondary N) is 2. The van der Waals surface area contributed by atoms with Gasteiger partial charge in [0.05, 0.1) is 0 Å². The summed E-state index contributed by atoms with van der Waals surface area (Å²) in [6.07, 6.45) is 6.47. The lowest BCUT2D eigenvalue weighted by Crippen LogP contribution is -2.36. The SMILES string of the molecule is CC(C)CCCCCCNC(=O)NCCCC(=O)O. The minimum atomic E-state index is -0.830. The maximum atomic E-state index is 11.3. The molecule has 3 N–H and O–H groups in total. The van der Waals surface area contributed by atoms with Crippen LogP contribution in [-0.4, -0.2) is 30.2 Å². The highest BCUT2D eigenvalue weighted by Crippen LogP contribution is 2.08. The van der Waals surface area contributed by atoms with Gasteiger partial charge in [0.2, 0.25) is 0 Å². The monoisotopic (exact) mass is 272 g/mol. The van der Waals surface area contributed by atoms with Crippen LogP contribution in [0.15, 0.2) is 0 Å². The van der Waals surface area contributed by atoms with Crippen molar-refractivity contribution in [2.75, 3.05) is 13.1 Å². The summed E-state index contributed by atoms with van der Waals surface area (Å²) in [6.45, 7) is 5.56. The average molecular weight is 272 g/mol. The van der Waals surface area contributed by atoms with E-state index in [1.165, 1.54) is 19.3 Å². The van der Waals surface area contributed by atoms with Crippen molar-refractivity contribution in [1.29, 1.82) is 0 Å². The first-order valence-electron chi connectivity index (χ1n) is 7.26. The summed E-state index contributed by atoms with van der Waals surface area (Å²) in [5.74, 6) is -0.0571. The topological polar surface area (TPSA) is 78.4 Å². The molecule has 0 saturated heterocycles. The minimum Gasteiger partial charge on any atom is -0.481 e. The summed E-state index contributed by atoms with van der Waals surface area (Å²) in [6, 6.07) is -0.201. The summed E-state index contributed by atoms with van der Waals surface area (Å²) in [5.41, 5.74) is 0. The first-order valence-corrected chi connectivity index (χ1v) is 7.26. The van der Waals surface area contributed by atoms with Gasteiger partial charge in [0.1, 0.15) is 0 Å². The molecular formula is C14H28N2O3. The highest BCUT2D eigenvalue weighted by molar-refractivity contribution is 5.73. The van der Waals surface area contributed by atoms with E-state index in [0.717, 1.165) is 18.8 Å². The van der Waals surface area contributed by atoms with Crippen LogP contribution in [0.3, 0.4) is 0 Å². The number of unbranched alkanes of at least 4 members (excludes halogenated alkanes) is 3. The largest absolute Gasteiger partial charge is 0.481 e. The Labute approximate surface area is 116 Å². The standard InChI is InChI=1S/C14H28N2O3/c1-12(2)8-5-3-4-6-10-15-14(19)16-11-7-9-13(17)18/h12H,3-11H2,1-2H3,(H,17,18)(H2,15,16,19). The fourth-order valence-corrected chi connectivity index (χ4v) is 1.74. The van der Waals surface area contributed by atoms with E-state index in [-0.39, 0.29) is 12.5 Å². The van der Waals surface area contributed by atoms with Crippen molar-refractivity contribution < 1.29 is 14.7 Å². The van der Waals surface area contributed by atoms with Crippen molar-refractivity contribution >= 4 is 12.0 Å². The molecule has 19 heavy (non-hydrogen) atoms. The Kier molecular flexibility index (Phi) is 11.0. The highest BCUT2D eigenvalue weighted by atomic mass is 16.4. The van der Waals surface area contributed by atoms with Crippen LogP contribution >= 0.6 is 0 Å². The molecule has 0 aromatic heterocycles. The van der Waals surface area contributed by atoms with Gasteiger partial charge in [-0.25, -0.2) is 4.79 Å². The van der Waals surface area contributed by atoms with Crippen molar-refractivity contribution in [3.63, 3.8) is 0 Å². The van der Waals surface area contributed by atoms with E-state index in [4.69, 9.17) is 5.11 Å². The van der Waals surface area contributed by atoms with Gasteiger partial charge in [-0.2, -0.15) is 0 Å². The Morgan fingerprint density at radius 3 is 2.11 bits per heavy atom. The Bertz CT molecular complexity index is 255. The van der Waals surface area contributed by atoms with Gasteiger partial charge in [-0.05, 0) is 18.8 Å². The molecule has 0 aliphatic carbocycles. The second kappa shape index (κ2) is 11.8. The third-order valence-corrected chi connectivity index (χ3v) is 2.85. The predicted molar refractivity (Wildman–Crippen MR) is 76.2 cm³/mol. The van der Waals surface area contributed by atoms with Crippen molar-refractivity contribution in [3.05, 3.63) is 0 Å². The van der Waals surface area contributed by atoms with Gasteiger partial charge in [0.25, 0.3) is 0 Å². The second-order valence-electron chi connectivity index (χ2n) is 5.28. The molecule has 0 aliphatic rings. The van der Waals surface area contributed by atoms with Crippen LogP contribution in [0, 0.1) is 5.92 Å². The van der Waals surface area contributed by atoms with E-state index in [1.54, 1.807) is 0 Å². The average Bonchev–Trinajstić information content (AvgIpc) is 2.33. The lowest BCUT2D eigenvalue weighted by molar-refractivity contribution is -0.137. The van der Waals surface area contributed by atoms with Gasteiger partial charge >= 0.3 is 12.0 Å². The Morgan fingerprint density at radius 1 is 0.947 bits per heavy atom. The van der Waals surface area contributed by atoms with Crippen LogP contribution in [0.1, 0.15) is 58.8 Å². The molecule has 112 valence electrons. The lowest BCUT2D eigenvalue weighted by atomic mass is 10.0. The quantitative estimate of drug-likeness (QED) is 0.506. The van der Waals surface area contributed by atoms with Gasteiger partial charge in [-0.1, -0.05) is 39.5 Å². The maximum absolute atomic E-state index is 11.3. The van der Waals surface area contributed by atoms with E-state index >= 15 is 0 Å². The molecule has 0 unspecified atom stereocenters. The molecule has 5 heteroatoms. The summed E-state index contributed by atoms with van der Waals surface area (Å²) in [4.78, 5) is 21.6. The number of carbonyl (C=O) groups is 2. The van der Waals surface area contributed by atoms with Gasteiger partial charge in [-0.3, -0.25) is 4.79 Å². The minimum absolute atomic E-state index is 0.0934. The second-order valence-corrected chi connectivity index (χ2v) is 5.28. The zero-order valence-corrected chi connectivity index (χ0v) is 12.2. The van der Waals surface area contributed by atoms with Crippen LogP contribution in [0.4, 0.5) is 4.79 Å². The van der Waals surface area contributed by atoms with Crippen molar-refractivity contribution in [1.82, 2.24) is 10.6 Å². The first-order chi connectivity index (χ1) is 9.02. The number of carboxylic acids is 1. The molecule has 0 fully saturated rings. The number of urea groups is 1. The molecule has 0 radical (unpaired) electrons. The number of hydrogen-bond acceptors (Lipinski definition) is 2. The van der Waals surface area contributed by atoms with E-state index in [9.17, 15) is 9.59 Å². The van der Waals surface area contributed by atoms with Crippen LogP contribution < -0.4 is 10.6 Å². The lowest BCUT2D eigenvalue weighted by Gasteiger charge is -2.07. The van der Waals surface area contributed by atoms with Gasteiger partial charge < -0.3 is 15.7 Å². The summed E-state index contributed by atoms with van der Waals surface area (Å²) >= 11 is 0. The smallest absolute Gasteiger partial charge is 0.314 e. The highest BCUT2D eigenvalue weighted by Gasteiger charge is 2.00. The fourth-order valence-electron chi connectivity index (χ4n) is 1.74. The third kappa shape index (κ3) is 14.7. The molecule has 0 atom stereocenters. The molecule has 0 saturated carbocycles.